The van der Waals surface area contributed by atoms with E-state index >= 15 is 0 Å². The van der Waals surface area contributed by atoms with Gasteiger partial charge in [0, 0.05) is 24.2 Å². The van der Waals surface area contributed by atoms with Gasteiger partial charge >= 0.3 is 12.1 Å². The lowest BCUT2D eigenvalue weighted by Gasteiger charge is -2.26. The summed E-state index contributed by atoms with van der Waals surface area (Å²) in [5.41, 5.74) is 10.4. The Bertz CT molecular complexity index is 834. The zero-order chi connectivity index (χ0) is 21.2. The van der Waals surface area contributed by atoms with E-state index in [1.807, 2.05) is 0 Å². The highest BCUT2D eigenvalue weighted by atomic mass is 19.4. The Morgan fingerprint density at radius 3 is 2.54 bits per heavy atom. The zero-order valence-electron chi connectivity index (χ0n) is 15.3. The summed E-state index contributed by atoms with van der Waals surface area (Å²) in [5, 5.41) is 9.54. The Balaban J connectivity index is 2.58. The van der Waals surface area contributed by atoms with Crippen molar-refractivity contribution in [3.63, 3.8) is 0 Å². The molecule has 1 amide bonds. The summed E-state index contributed by atoms with van der Waals surface area (Å²) in [6, 6.07) is -0.186. The van der Waals surface area contributed by atoms with E-state index in [4.69, 9.17) is 11.5 Å². The smallest absolute Gasteiger partial charge is 0.416 e. The third-order valence-corrected chi connectivity index (χ3v) is 4.63. The summed E-state index contributed by atoms with van der Waals surface area (Å²) in [7, 11) is 0. The molecule has 6 nitrogen and oxygen atoms in total. The van der Waals surface area contributed by atoms with Crippen molar-refractivity contribution in [1.82, 2.24) is 4.90 Å². The van der Waals surface area contributed by atoms with Crippen LogP contribution in [0.25, 0.3) is 11.8 Å². The van der Waals surface area contributed by atoms with E-state index in [1.54, 1.807) is 19.1 Å². The Kier molecular flexibility index (Phi) is 6.18. The average molecular weight is 397 g/mol. The van der Waals surface area contributed by atoms with Crippen LogP contribution >= 0.6 is 0 Å². The minimum Gasteiger partial charge on any atom is -0.480 e. The lowest BCUT2D eigenvalue weighted by Crippen LogP contribution is -2.46. The first-order valence-corrected chi connectivity index (χ1v) is 8.57. The molecule has 1 heterocycles. The second-order valence-electron chi connectivity index (χ2n) is 6.60. The Morgan fingerprint density at radius 1 is 1.46 bits per heavy atom. The molecule has 1 aliphatic rings. The predicted molar refractivity (Wildman–Crippen MR) is 98.8 cm³/mol. The van der Waals surface area contributed by atoms with Crippen molar-refractivity contribution in [1.29, 1.82) is 0 Å². The molecule has 9 heteroatoms. The van der Waals surface area contributed by atoms with Crippen LogP contribution in [-0.2, 0) is 22.2 Å². The molecule has 1 fully saturated rings. The summed E-state index contributed by atoms with van der Waals surface area (Å²) >= 11 is 0. The fourth-order valence-corrected chi connectivity index (χ4v) is 3.27. The maximum Gasteiger partial charge on any atom is 0.416 e. The third kappa shape index (κ3) is 4.36. The van der Waals surface area contributed by atoms with E-state index in [9.17, 15) is 27.9 Å². The van der Waals surface area contributed by atoms with Gasteiger partial charge in [0.1, 0.15) is 6.04 Å². The first-order valence-electron chi connectivity index (χ1n) is 8.57. The van der Waals surface area contributed by atoms with E-state index in [1.165, 1.54) is 6.07 Å². The second kappa shape index (κ2) is 8.05. The largest absolute Gasteiger partial charge is 0.480 e. The number of halogens is 3. The number of carboxylic acid groups (broad SMARTS) is 1. The van der Waals surface area contributed by atoms with Crippen molar-refractivity contribution >= 4 is 23.6 Å². The van der Waals surface area contributed by atoms with Crippen LogP contribution in [0.15, 0.2) is 24.8 Å². The number of alkyl halides is 3. The molecule has 152 valence electrons. The highest BCUT2D eigenvalue weighted by molar-refractivity contribution is 5.88. The molecule has 1 aromatic carbocycles. The lowest BCUT2D eigenvalue weighted by molar-refractivity contribution is -0.149. The number of benzene rings is 1. The van der Waals surface area contributed by atoms with Gasteiger partial charge in [-0.2, -0.15) is 13.2 Å². The number of hydrogen-bond donors (Lipinski definition) is 3. The highest BCUT2D eigenvalue weighted by Crippen LogP contribution is 2.36. The molecule has 0 bridgehead atoms. The number of rotatable bonds is 6. The minimum absolute atomic E-state index is 0.0411. The number of likely N-dealkylation sites (tertiary alicyclic amines) is 1. The monoisotopic (exact) mass is 397 g/mol. The molecule has 0 aliphatic carbocycles. The molecule has 2 rings (SSSR count). The quantitative estimate of drug-likeness (QED) is 0.682. The summed E-state index contributed by atoms with van der Waals surface area (Å²) in [4.78, 5) is 24.9. The first-order chi connectivity index (χ1) is 13.0. The van der Waals surface area contributed by atoms with Gasteiger partial charge in [0.15, 0.2) is 0 Å². The minimum atomic E-state index is -4.73. The zero-order valence-corrected chi connectivity index (χ0v) is 15.3. The number of allylic oxidation sites excluding steroid dienone is 1. The number of carbonyl (C=O) groups is 2. The molecule has 0 radical (unpaired) electrons. The summed E-state index contributed by atoms with van der Waals surface area (Å²) in [5.74, 6) is -1.97. The van der Waals surface area contributed by atoms with Gasteiger partial charge in [-0.15, -0.1) is 0 Å². The van der Waals surface area contributed by atoms with Crippen molar-refractivity contribution in [2.75, 3.05) is 6.54 Å². The molecule has 0 saturated carbocycles. The molecule has 0 aromatic heterocycles. The van der Waals surface area contributed by atoms with Crippen LogP contribution in [0.2, 0.25) is 0 Å². The fourth-order valence-electron chi connectivity index (χ4n) is 3.27. The number of carboxylic acids is 1. The number of carbonyl (C=O) groups excluding carboxylic acids is 1. The van der Waals surface area contributed by atoms with Crippen LogP contribution in [0.4, 0.5) is 13.2 Å². The van der Waals surface area contributed by atoms with Gasteiger partial charge < -0.3 is 21.5 Å². The highest BCUT2D eigenvalue weighted by Gasteiger charge is 2.40. The number of nitrogens with two attached hydrogens (primary N) is 2. The Hall–Kier alpha value is -2.81. The predicted octanol–water partition coefficient (Wildman–Crippen LogP) is 2.22. The van der Waals surface area contributed by atoms with E-state index in [0.29, 0.717) is 5.56 Å². The van der Waals surface area contributed by atoms with Crippen molar-refractivity contribution < 1.29 is 27.9 Å². The molecule has 5 N–H and O–H groups in total. The number of aliphatic carboxylic acids is 1. The lowest BCUT2D eigenvalue weighted by atomic mass is 9.92. The maximum atomic E-state index is 13.6. The van der Waals surface area contributed by atoms with E-state index in [2.05, 4.69) is 6.58 Å². The SMILES string of the molecule is C=C(N)c1cc(C(F)(F)F)c(CC(C(=O)O)N2CCC(N)C2=O)cc1/C=C\C. The summed E-state index contributed by atoms with van der Waals surface area (Å²) < 4.78 is 40.9. The van der Waals surface area contributed by atoms with Crippen LogP contribution in [0, 0.1) is 0 Å². The van der Waals surface area contributed by atoms with Crippen LogP contribution in [0.3, 0.4) is 0 Å². The molecule has 0 spiro atoms. The van der Waals surface area contributed by atoms with Gasteiger partial charge in [-0.1, -0.05) is 24.8 Å². The van der Waals surface area contributed by atoms with Gasteiger partial charge in [0.2, 0.25) is 5.91 Å². The van der Waals surface area contributed by atoms with E-state index in [-0.39, 0.29) is 29.8 Å². The Labute approximate surface area is 160 Å². The summed E-state index contributed by atoms with van der Waals surface area (Å²) in [6.07, 6.45) is -1.81. The van der Waals surface area contributed by atoms with E-state index < -0.39 is 42.1 Å². The summed E-state index contributed by atoms with van der Waals surface area (Å²) in [6.45, 7) is 5.27. The molecular formula is C19H22F3N3O3. The number of nitrogens with zero attached hydrogens (tertiary/aromatic N) is 1. The molecule has 1 aliphatic heterocycles. The van der Waals surface area contributed by atoms with Crippen molar-refractivity contribution in [3.8, 4) is 0 Å². The molecule has 1 aromatic rings. The number of amides is 1. The van der Waals surface area contributed by atoms with Crippen molar-refractivity contribution in [2.24, 2.45) is 11.5 Å². The number of hydrogen-bond acceptors (Lipinski definition) is 4. The Morgan fingerprint density at radius 2 is 2.11 bits per heavy atom. The average Bonchev–Trinajstić information content (AvgIpc) is 2.90. The second-order valence-corrected chi connectivity index (χ2v) is 6.60. The standard InChI is InChI=1S/C19H22F3N3O3/c1-3-4-11-7-12(14(19(20,21)22)9-13(11)10(2)23)8-16(18(27)28)25-6-5-15(24)17(25)26/h3-4,7,9,15-16H,2,5-6,8,23-24H2,1H3,(H,27,28)/b4-3-. The molecule has 28 heavy (non-hydrogen) atoms. The van der Waals surface area contributed by atoms with Gasteiger partial charge in [0.25, 0.3) is 0 Å². The van der Waals surface area contributed by atoms with Crippen molar-refractivity contribution in [3.05, 3.63) is 47.0 Å². The fraction of sp³-hybridized carbons (Fsp3) is 0.368. The topological polar surface area (TPSA) is 110 Å². The van der Waals surface area contributed by atoms with Gasteiger partial charge in [0.05, 0.1) is 11.6 Å². The van der Waals surface area contributed by atoms with Crippen LogP contribution in [0.5, 0.6) is 0 Å². The van der Waals surface area contributed by atoms with E-state index in [0.717, 1.165) is 11.0 Å². The first kappa shape index (κ1) is 21.5. The van der Waals surface area contributed by atoms with Crippen LogP contribution in [0.1, 0.15) is 35.6 Å². The normalized spacial score (nSPS) is 18.7. The maximum absolute atomic E-state index is 13.6. The third-order valence-electron chi connectivity index (χ3n) is 4.63. The van der Waals surface area contributed by atoms with Crippen LogP contribution < -0.4 is 11.5 Å². The molecule has 1 saturated heterocycles. The van der Waals surface area contributed by atoms with Gasteiger partial charge in [-0.25, -0.2) is 4.79 Å². The molecule has 2 atom stereocenters. The van der Waals surface area contributed by atoms with Gasteiger partial charge in [-0.3, -0.25) is 4.79 Å². The molecule has 2 unspecified atom stereocenters. The molecular weight excluding hydrogens is 375 g/mol. The van der Waals surface area contributed by atoms with Gasteiger partial charge in [-0.05, 0) is 30.5 Å². The van der Waals surface area contributed by atoms with Crippen LogP contribution in [-0.4, -0.2) is 40.5 Å². The van der Waals surface area contributed by atoms with Crippen molar-refractivity contribution in [2.45, 2.75) is 38.0 Å².